The summed E-state index contributed by atoms with van der Waals surface area (Å²) in [6.07, 6.45) is 0. The Balaban J connectivity index is 1.84. The first-order chi connectivity index (χ1) is 10.8. The molecule has 0 fully saturated rings. The van der Waals surface area contributed by atoms with Gasteiger partial charge in [-0.1, -0.05) is 42.5 Å². The van der Waals surface area contributed by atoms with Crippen molar-refractivity contribution in [3.63, 3.8) is 0 Å². The van der Waals surface area contributed by atoms with Crippen molar-refractivity contribution in [3.8, 4) is 5.75 Å². The molecule has 3 nitrogen and oxygen atoms in total. The molecule has 0 bridgehead atoms. The van der Waals surface area contributed by atoms with E-state index in [4.69, 9.17) is 9.47 Å². The minimum Gasteiger partial charge on any atom is -0.497 e. The molecule has 3 aromatic rings. The van der Waals surface area contributed by atoms with Crippen molar-refractivity contribution < 1.29 is 14.3 Å². The number of hydrogen-bond acceptors (Lipinski definition) is 3. The summed E-state index contributed by atoms with van der Waals surface area (Å²) in [5.41, 5.74) is 1.54. The lowest BCUT2D eigenvalue weighted by Gasteiger charge is -2.09. The zero-order chi connectivity index (χ0) is 15.4. The SMILES string of the molecule is COc1ccc2c(C(=O)OCc3ccccc3)cccc2c1. The Bertz CT molecular complexity index is 794. The number of rotatable bonds is 4. The third kappa shape index (κ3) is 2.93. The predicted molar refractivity (Wildman–Crippen MR) is 86.1 cm³/mol. The molecule has 22 heavy (non-hydrogen) atoms. The van der Waals surface area contributed by atoms with E-state index in [-0.39, 0.29) is 12.6 Å². The molecule has 0 amide bonds. The summed E-state index contributed by atoms with van der Waals surface area (Å²) < 4.78 is 10.6. The van der Waals surface area contributed by atoms with E-state index in [0.717, 1.165) is 22.1 Å². The molecular formula is C19H16O3. The number of benzene rings is 3. The average Bonchev–Trinajstić information content (AvgIpc) is 2.59. The zero-order valence-electron chi connectivity index (χ0n) is 12.3. The molecule has 0 saturated carbocycles. The summed E-state index contributed by atoms with van der Waals surface area (Å²) in [4.78, 5) is 12.3. The van der Waals surface area contributed by atoms with Crippen LogP contribution in [0.2, 0.25) is 0 Å². The van der Waals surface area contributed by atoms with E-state index in [1.165, 1.54) is 0 Å². The third-order valence-electron chi connectivity index (χ3n) is 3.52. The van der Waals surface area contributed by atoms with Crippen LogP contribution in [0.15, 0.2) is 66.7 Å². The molecule has 0 aromatic heterocycles. The van der Waals surface area contributed by atoms with Crippen LogP contribution in [0.3, 0.4) is 0 Å². The lowest BCUT2D eigenvalue weighted by molar-refractivity contribution is 0.0475. The number of ether oxygens (including phenoxy) is 2. The van der Waals surface area contributed by atoms with Gasteiger partial charge in [0.1, 0.15) is 12.4 Å². The molecule has 0 unspecified atom stereocenters. The molecule has 0 atom stereocenters. The summed E-state index contributed by atoms with van der Waals surface area (Å²) >= 11 is 0. The van der Waals surface area contributed by atoms with Gasteiger partial charge in [0, 0.05) is 0 Å². The van der Waals surface area contributed by atoms with Gasteiger partial charge in [0.15, 0.2) is 0 Å². The number of esters is 1. The molecule has 0 aliphatic heterocycles. The summed E-state index contributed by atoms with van der Waals surface area (Å²) in [5, 5.41) is 1.81. The number of carbonyl (C=O) groups is 1. The monoisotopic (exact) mass is 292 g/mol. The van der Waals surface area contributed by atoms with E-state index >= 15 is 0 Å². The number of fused-ring (bicyclic) bond motifs is 1. The van der Waals surface area contributed by atoms with Crippen molar-refractivity contribution in [2.45, 2.75) is 6.61 Å². The van der Waals surface area contributed by atoms with Crippen molar-refractivity contribution >= 4 is 16.7 Å². The first kappa shape index (κ1) is 14.1. The topological polar surface area (TPSA) is 35.5 Å². The molecule has 3 heteroatoms. The van der Waals surface area contributed by atoms with E-state index < -0.39 is 0 Å². The molecular weight excluding hydrogens is 276 g/mol. The Morgan fingerprint density at radius 1 is 0.955 bits per heavy atom. The fourth-order valence-corrected chi connectivity index (χ4v) is 2.37. The minimum absolute atomic E-state index is 0.270. The molecule has 0 saturated heterocycles. The average molecular weight is 292 g/mol. The van der Waals surface area contributed by atoms with Crippen molar-refractivity contribution in [2.75, 3.05) is 7.11 Å². The lowest BCUT2D eigenvalue weighted by atomic mass is 10.0. The van der Waals surface area contributed by atoms with Crippen molar-refractivity contribution in [1.82, 2.24) is 0 Å². The molecule has 0 spiro atoms. The van der Waals surface area contributed by atoms with E-state index in [2.05, 4.69) is 0 Å². The first-order valence-electron chi connectivity index (χ1n) is 7.06. The van der Waals surface area contributed by atoms with Crippen LogP contribution in [0.25, 0.3) is 10.8 Å². The second kappa shape index (κ2) is 6.31. The van der Waals surface area contributed by atoms with E-state index in [1.54, 1.807) is 13.2 Å². The Labute approximate surface area is 129 Å². The quantitative estimate of drug-likeness (QED) is 0.676. The highest BCUT2D eigenvalue weighted by Gasteiger charge is 2.11. The van der Waals surface area contributed by atoms with Crippen LogP contribution in [-0.2, 0) is 11.3 Å². The highest BCUT2D eigenvalue weighted by Crippen LogP contribution is 2.24. The van der Waals surface area contributed by atoms with Gasteiger partial charge < -0.3 is 9.47 Å². The van der Waals surface area contributed by atoms with Crippen LogP contribution in [-0.4, -0.2) is 13.1 Å². The predicted octanol–water partition coefficient (Wildman–Crippen LogP) is 4.21. The van der Waals surface area contributed by atoms with E-state index in [0.29, 0.717) is 5.56 Å². The molecule has 3 rings (SSSR count). The minimum atomic E-state index is -0.320. The molecule has 0 aliphatic rings. The first-order valence-corrected chi connectivity index (χ1v) is 7.06. The van der Waals surface area contributed by atoms with Gasteiger partial charge in [-0.2, -0.15) is 0 Å². The van der Waals surface area contributed by atoms with Gasteiger partial charge in [0.2, 0.25) is 0 Å². The molecule has 3 aromatic carbocycles. The summed E-state index contributed by atoms with van der Waals surface area (Å²) in [6, 6.07) is 20.9. The zero-order valence-corrected chi connectivity index (χ0v) is 12.3. The Morgan fingerprint density at radius 3 is 2.55 bits per heavy atom. The molecule has 0 radical (unpaired) electrons. The number of methoxy groups -OCH3 is 1. The lowest BCUT2D eigenvalue weighted by Crippen LogP contribution is -2.05. The standard InChI is InChI=1S/C19H16O3/c1-21-16-10-11-17-15(12-16)8-5-9-18(17)19(20)22-13-14-6-3-2-4-7-14/h2-12H,13H2,1H3. The van der Waals surface area contributed by atoms with Crippen molar-refractivity contribution in [1.29, 1.82) is 0 Å². The molecule has 0 aliphatic carbocycles. The van der Waals surface area contributed by atoms with Gasteiger partial charge in [-0.3, -0.25) is 0 Å². The van der Waals surface area contributed by atoms with Gasteiger partial charge in [0.05, 0.1) is 12.7 Å². The van der Waals surface area contributed by atoms with Crippen LogP contribution in [0.4, 0.5) is 0 Å². The summed E-state index contributed by atoms with van der Waals surface area (Å²) in [7, 11) is 1.62. The second-order valence-electron chi connectivity index (χ2n) is 4.95. The largest absolute Gasteiger partial charge is 0.497 e. The normalized spacial score (nSPS) is 10.4. The van der Waals surface area contributed by atoms with Crippen LogP contribution in [0, 0.1) is 0 Å². The third-order valence-corrected chi connectivity index (χ3v) is 3.52. The Morgan fingerprint density at radius 2 is 1.77 bits per heavy atom. The maximum atomic E-state index is 12.3. The second-order valence-corrected chi connectivity index (χ2v) is 4.95. The highest BCUT2D eigenvalue weighted by molar-refractivity contribution is 6.04. The fraction of sp³-hybridized carbons (Fsp3) is 0.105. The van der Waals surface area contributed by atoms with Crippen molar-refractivity contribution in [2.24, 2.45) is 0 Å². The van der Waals surface area contributed by atoms with E-state index in [9.17, 15) is 4.79 Å². The highest BCUT2D eigenvalue weighted by atomic mass is 16.5. The van der Waals surface area contributed by atoms with Crippen LogP contribution in [0.1, 0.15) is 15.9 Å². The molecule has 110 valence electrons. The van der Waals surface area contributed by atoms with Gasteiger partial charge in [-0.05, 0) is 40.6 Å². The smallest absolute Gasteiger partial charge is 0.339 e. The van der Waals surface area contributed by atoms with Gasteiger partial charge >= 0.3 is 5.97 Å². The van der Waals surface area contributed by atoms with Crippen LogP contribution < -0.4 is 4.74 Å². The summed E-state index contributed by atoms with van der Waals surface area (Å²) in [6.45, 7) is 0.270. The van der Waals surface area contributed by atoms with E-state index in [1.807, 2.05) is 60.7 Å². The van der Waals surface area contributed by atoms with Gasteiger partial charge in [-0.15, -0.1) is 0 Å². The summed E-state index contributed by atoms with van der Waals surface area (Å²) in [5.74, 6) is 0.446. The number of hydrogen-bond donors (Lipinski definition) is 0. The van der Waals surface area contributed by atoms with Crippen LogP contribution in [0.5, 0.6) is 5.75 Å². The van der Waals surface area contributed by atoms with Crippen LogP contribution >= 0.6 is 0 Å². The van der Waals surface area contributed by atoms with Crippen molar-refractivity contribution in [3.05, 3.63) is 77.9 Å². The Kier molecular flexibility index (Phi) is 4.05. The molecule has 0 heterocycles. The maximum Gasteiger partial charge on any atom is 0.339 e. The maximum absolute atomic E-state index is 12.3. The number of carbonyl (C=O) groups excluding carboxylic acids is 1. The molecule has 0 N–H and O–H groups in total. The fourth-order valence-electron chi connectivity index (χ4n) is 2.37. The van der Waals surface area contributed by atoms with Gasteiger partial charge in [0.25, 0.3) is 0 Å². The Hall–Kier alpha value is -2.81. The van der Waals surface area contributed by atoms with Gasteiger partial charge in [-0.25, -0.2) is 4.79 Å².